The van der Waals surface area contributed by atoms with Gasteiger partial charge in [-0.2, -0.15) is 0 Å². The lowest BCUT2D eigenvalue weighted by Crippen LogP contribution is -2.27. The highest BCUT2D eigenvalue weighted by Crippen LogP contribution is 2.17. The second-order valence-electron chi connectivity index (χ2n) is 5.39. The fourth-order valence-electron chi connectivity index (χ4n) is 2.39. The summed E-state index contributed by atoms with van der Waals surface area (Å²) in [6.45, 7) is 5.03. The molecule has 1 aromatic rings. The Balaban J connectivity index is 2.41. The monoisotopic (exact) mass is 297 g/mol. The first-order valence-corrected chi connectivity index (χ1v) is 8.08. The molecule has 0 amide bonds. The molecular weight excluding hydrogens is 270 g/mol. The zero-order valence-electron chi connectivity index (χ0n) is 12.8. The van der Waals surface area contributed by atoms with Gasteiger partial charge in [-0.15, -0.1) is 0 Å². The first kappa shape index (κ1) is 17.5. The van der Waals surface area contributed by atoms with Crippen molar-refractivity contribution < 1.29 is 4.74 Å². The summed E-state index contributed by atoms with van der Waals surface area (Å²) >= 11 is 5.94. The van der Waals surface area contributed by atoms with E-state index >= 15 is 0 Å². The van der Waals surface area contributed by atoms with Gasteiger partial charge in [0.25, 0.3) is 0 Å². The lowest BCUT2D eigenvalue weighted by molar-refractivity contribution is 0.197. The van der Waals surface area contributed by atoms with Crippen molar-refractivity contribution in [3.63, 3.8) is 0 Å². The number of methoxy groups -OCH3 is 1. The molecule has 0 bridgehead atoms. The Labute approximate surface area is 128 Å². The zero-order valence-corrected chi connectivity index (χ0v) is 13.6. The Hall–Kier alpha value is -0.570. The molecule has 20 heavy (non-hydrogen) atoms. The Kier molecular flexibility index (Phi) is 9.73. The molecule has 1 rings (SSSR count). The maximum atomic E-state index is 5.94. The topological polar surface area (TPSA) is 21.3 Å². The van der Waals surface area contributed by atoms with Gasteiger partial charge >= 0.3 is 0 Å². The largest absolute Gasteiger partial charge is 0.383 e. The fraction of sp³-hybridized carbons (Fsp3) is 0.647. The Morgan fingerprint density at radius 1 is 1.20 bits per heavy atom. The molecule has 0 spiro atoms. The average Bonchev–Trinajstić information content (AvgIpc) is 2.46. The van der Waals surface area contributed by atoms with Crippen molar-refractivity contribution in [3.05, 3.63) is 34.9 Å². The van der Waals surface area contributed by atoms with E-state index in [2.05, 4.69) is 24.4 Å². The van der Waals surface area contributed by atoms with Crippen LogP contribution in [0.25, 0.3) is 0 Å². The van der Waals surface area contributed by atoms with E-state index in [9.17, 15) is 0 Å². The summed E-state index contributed by atoms with van der Waals surface area (Å²) in [6, 6.07) is 8.26. The van der Waals surface area contributed by atoms with Gasteiger partial charge in [0.2, 0.25) is 0 Å². The molecule has 1 aromatic carbocycles. The van der Waals surface area contributed by atoms with Crippen molar-refractivity contribution in [2.75, 3.05) is 26.8 Å². The van der Waals surface area contributed by atoms with Crippen LogP contribution in [0.5, 0.6) is 0 Å². The maximum Gasteiger partial charge on any atom is 0.0587 e. The summed E-state index contributed by atoms with van der Waals surface area (Å²) in [7, 11) is 1.74. The number of rotatable bonds is 11. The number of nitrogens with one attached hydrogen (secondary N) is 1. The Morgan fingerprint density at radius 3 is 2.60 bits per heavy atom. The van der Waals surface area contributed by atoms with Crippen molar-refractivity contribution in [2.45, 2.75) is 39.0 Å². The second-order valence-corrected chi connectivity index (χ2v) is 5.83. The minimum absolute atomic E-state index is 0.694. The van der Waals surface area contributed by atoms with Gasteiger partial charge in [-0.25, -0.2) is 0 Å². The first-order chi connectivity index (χ1) is 9.76. The minimum atomic E-state index is 0.694. The van der Waals surface area contributed by atoms with Gasteiger partial charge in [-0.05, 0) is 43.0 Å². The van der Waals surface area contributed by atoms with Crippen LogP contribution in [0.15, 0.2) is 24.3 Å². The van der Waals surface area contributed by atoms with Crippen molar-refractivity contribution in [1.29, 1.82) is 0 Å². The highest BCUT2D eigenvalue weighted by Gasteiger charge is 2.09. The molecule has 0 saturated heterocycles. The molecule has 0 radical (unpaired) electrons. The summed E-state index contributed by atoms with van der Waals surface area (Å²) in [5.74, 6) is 0.694. The maximum absolute atomic E-state index is 5.94. The molecule has 0 aliphatic carbocycles. The third kappa shape index (κ3) is 7.88. The highest BCUT2D eigenvalue weighted by atomic mass is 35.5. The van der Waals surface area contributed by atoms with Crippen LogP contribution in [0.1, 0.15) is 38.2 Å². The van der Waals surface area contributed by atoms with Crippen molar-refractivity contribution >= 4 is 11.6 Å². The van der Waals surface area contributed by atoms with Crippen LogP contribution in [0, 0.1) is 5.92 Å². The lowest BCUT2D eigenvalue weighted by Gasteiger charge is -2.18. The predicted octanol–water partition coefficient (Wildman–Crippen LogP) is 4.32. The molecule has 0 aromatic heterocycles. The Bertz CT molecular complexity index is 339. The number of halogens is 1. The molecule has 0 heterocycles. The third-order valence-corrected chi connectivity index (χ3v) is 3.82. The molecule has 1 atom stereocenters. The number of hydrogen-bond acceptors (Lipinski definition) is 2. The standard InChI is InChI=1S/C17H28ClNO/c1-3-4-5-6-16(14-19-11-12-20-2)13-15-7-9-17(18)10-8-15/h7-10,16,19H,3-6,11-14H2,1-2H3. The van der Waals surface area contributed by atoms with E-state index in [4.69, 9.17) is 16.3 Å². The molecule has 0 saturated carbocycles. The van der Waals surface area contributed by atoms with Crippen LogP contribution in [0.3, 0.4) is 0 Å². The zero-order chi connectivity index (χ0) is 14.6. The highest BCUT2D eigenvalue weighted by molar-refractivity contribution is 6.30. The number of ether oxygens (including phenoxy) is 1. The summed E-state index contributed by atoms with van der Waals surface area (Å²) in [5.41, 5.74) is 1.38. The Morgan fingerprint density at radius 2 is 1.95 bits per heavy atom. The second kappa shape index (κ2) is 11.1. The molecule has 2 nitrogen and oxygen atoms in total. The van der Waals surface area contributed by atoms with Crippen LogP contribution < -0.4 is 5.32 Å². The summed E-state index contributed by atoms with van der Waals surface area (Å²) in [4.78, 5) is 0. The quantitative estimate of drug-likeness (QED) is 0.614. The van der Waals surface area contributed by atoms with E-state index in [1.54, 1.807) is 7.11 Å². The first-order valence-electron chi connectivity index (χ1n) is 7.70. The van der Waals surface area contributed by atoms with Crippen molar-refractivity contribution in [2.24, 2.45) is 5.92 Å². The normalized spacial score (nSPS) is 12.6. The van der Waals surface area contributed by atoms with E-state index in [1.165, 1.54) is 31.2 Å². The molecule has 114 valence electrons. The van der Waals surface area contributed by atoms with E-state index in [0.29, 0.717) is 5.92 Å². The van der Waals surface area contributed by atoms with Gasteiger partial charge in [0.15, 0.2) is 0 Å². The molecule has 1 unspecified atom stereocenters. The van der Waals surface area contributed by atoms with Gasteiger partial charge in [0.1, 0.15) is 0 Å². The van der Waals surface area contributed by atoms with Crippen LogP contribution in [-0.2, 0) is 11.2 Å². The van der Waals surface area contributed by atoms with Gasteiger partial charge < -0.3 is 10.1 Å². The van der Waals surface area contributed by atoms with Crippen LogP contribution >= 0.6 is 11.6 Å². The molecule has 0 fully saturated rings. The average molecular weight is 298 g/mol. The van der Waals surface area contributed by atoms with Crippen LogP contribution in [0.2, 0.25) is 5.02 Å². The van der Waals surface area contributed by atoms with E-state index in [0.717, 1.165) is 31.1 Å². The van der Waals surface area contributed by atoms with E-state index in [1.807, 2.05) is 12.1 Å². The third-order valence-electron chi connectivity index (χ3n) is 3.57. The van der Waals surface area contributed by atoms with Gasteiger partial charge in [0, 0.05) is 18.7 Å². The van der Waals surface area contributed by atoms with Crippen LogP contribution in [-0.4, -0.2) is 26.8 Å². The number of unbranched alkanes of at least 4 members (excludes halogenated alkanes) is 2. The van der Waals surface area contributed by atoms with Gasteiger partial charge in [0.05, 0.1) is 6.61 Å². The molecular formula is C17H28ClNO. The molecule has 0 aliphatic heterocycles. The summed E-state index contributed by atoms with van der Waals surface area (Å²) in [6.07, 6.45) is 6.35. The minimum Gasteiger partial charge on any atom is -0.383 e. The number of hydrogen-bond donors (Lipinski definition) is 1. The SMILES string of the molecule is CCCCCC(CNCCOC)Cc1ccc(Cl)cc1. The van der Waals surface area contributed by atoms with Crippen molar-refractivity contribution in [3.8, 4) is 0 Å². The number of benzene rings is 1. The molecule has 1 N–H and O–H groups in total. The van der Waals surface area contributed by atoms with Crippen molar-refractivity contribution in [1.82, 2.24) is 5.32 Å². The van der Waals surface area contributed by atoms with E-state index in [-0.39, 0.29) is 0 Å². The fourth-order valence-corrected chi connectivity index (χ4v) is 2.52. The lowest BCUT2D eigenvalue weighted by atomic mass is 9.93. The summed E-state index contributed by atoms with van der Waals surface area (Å²) < 4.78 is 5.08. The van der Waals surface area contributed by atoms with Gasteiger partial charge in [-0.1, -0.05) is 49.9 Å². The molecule has 0 aliphatic rings. The smallest absolute Gasteiger partial charge is 0.0587 e. The molecule has 3 heteroatoms. The summed E-state index contributed by atoms with van der Waals surface area (Å²) in [5, 5.41) is 4.31. The van der Waals surface area contributed by atoms with Gasteiger partial charge in [-0.3, -0.25) is 0 Å². The van der Waals surface area contributed by atoms with E-state index < -0.39 is 0 Å². The van der Waals surface area contributed by atoms with Crippen LogP contribution in [0.4, 0.5) is 0 Å². The predicted molar refractivity (Wildman–Crippen MR) is 87.5 cm³/mol.